The summed E-state index contributed by atoms with van der Waals surface area (Å²) in [6, 6.07) is 19.7. The van der Waals surface area contributed by atoms with Gasteiger partial charge in [0.25, 0.3) is 5.91 Å². The summed E-state index contributed by atoms with van der Waals surface area (Å²) in [5, 5.41) is 2.88. The Morgan fingerprint density at radius 3 is 2.54 bits per heavy atom. The van der Waals surface area contributed by atoms with Crippen molar-refractivity contribution in [3.05, 3.63) is 95.4 Å². The van der Waals surface area contributed by atoms with Gasteiger partial charge in [0.2, 0.25) is 5.91 Å². The molecule has 1 aliphatic rings. The minimum atomic E-state index is -0.689. The number of carbonyl (C=O) groups excluding carboxylic acids is 2. The van der Waals surface area contributed by atoms with Crippen LogP contribution in [0.1, 0.15) is 33.3 Å². The molecule has 0 bridgehead atoms. The molecule has 1 atom stereocenters. The number of carbonyl (C=O) groups is 2. The molecule has 1 N–H and O–H groups in total. The molecular weight excluding hydrogens is 328 g/mol. The molecule has 1 aliphatic heterocycles. The smallest absolute Gasteiger partial charge is 0.255 e. The van der Waals surface area contributed by atoms with Crippen molar-refractivity contribution in [3.8, 4) is 0 Å². The lowest BCUT2D eigenvalue weighted by Crippen LogP contribution is -2.40. The fourth-order valence-corrected chi connectivity index (χ4v) is 3.28. The van der Waals surface area contributed by atoms with Gasteiger partial charge in [0.15, 0.2) is 0 Å². The number of nitrogens with zero attached hydrogens (tertiary/aromatic N) is 1. The Hall–Kier alpha value is -3.34. The molecule has 1 unspecified atom stereocenters. The zero-order valence-corrected chi connectivity index (χ0v) is 14.1. The van der Waals surface area contributed by atoms with Crippen LogP contribution in [0.3, 0.4) is 0 Å². The normalized spacial score (nSPS) is 14.2. The lowest BCUT2D eigenvalue weighted by Gasteiger charge is -2.27. The first-order chi connectivity index (χ1) is 12.7. The van der Waals surface area contributed by atoms with Crippen molar-refractivity contribution in [3.63, 3.8) is 0 Å². The van der Waals surface area contributed by atoms with Gasteiger partial charge in [-0.1, -0.05) is 48.5 Å². The summed E-state index contributed by atoms with van der Waals surface area (Å²) in [5.41, 5.74) is 2.38. The molecule has 0 fully saturated rings. The highest BCUT2D eigenvalue weighted by Crippen LogP contribution is 2.31. The van der Waals surface area contributed by atoms with Gasteiger partial charge in [-0.3, -0.25) is 9.59 Å². The Kier molecular flexibility index (Phi) is 4.27. The predicted octanol–water partition coefficient (Wildman–Crippen LogP) is 3.29. The van der Waals surface area contributed by atoms with Crippen LogP contribution in [0.15, 0.2) is 77.4 Å². The molecule has 0 spiro atoms. The number of fused-ring (bicyclic) bond motifs is 1. The van der Waals surface area contributed by atoms with Gasteiger partial charge in [0, 0.05) is 12.1 Å². The second kappa shape index (κ2) is 6.88. The summed E-state index contributed by atoms with van der Waals surface area (Å²) in [6.45, 7) is 0.701. The van der Waals surface area contributed by atoms with Crippen LogP contribution in [0, 0.1) is 0 Å². The Morgan fingerprint density at radius 1 is 1.04 bits per heavy atom. The van der Waals surface area contributed by atoms with Gasteiger partial charge in [-0.05, 0) is 29.3 Å². The standard InChI is InChI=1S/C21H18N2O3/c24-20(22-13-17-10-6-12-26-17)19(15-7-2-1-3-8-15)23-14-16-9-4-5-11-18(16)21(23)25/h1-12,19H,13-14H2,(H,22,24). The molecule has 2 amide bonds. The molecule has 130 valence electrons. The van der Waals surface area contributed by atoms with E-state index in [0.29, 0.717) is 17.9 Å². The largest absolute Gasteiger partial charge is 0.467 e. The van der Waals surface area contributed by atoms with E-state index in [1.165, 1.54) is 0 Å². The fourth-order valence-electron chi connectivity index (χ4n) is 3.28. The van der Waals surface area contributed by atoms with E-state index in [1.807, 2.05) is 48.5 Å². The van der Waals surface area contributed by atoms with E-state index in [2.05, 4.69) is 5.32 Å². The second-order valence-corrected chi connectivity index (χ2v) is 6.20. The van der Waals surface area contributed by atoms with Crippen molar-refractivity contribution in [2.45, 2.75) is 19.1 Å². The Balaban J connectivity index is 1.62. The molecule has 0 saturated carbocycles. The van der Waals surface area contributed by atoms with E-state index in [-0.39, 0.29) is 18.4 Å². The molecule has 3 aromatic rings. The van der Waals surface area contributed by atoms with Gasteiger partial charge in [0.1, 0.15) is 11.8 Å². The lowest BCUT2D eigenvalue weighted by molar-refractivity contribution is -0.126. The molecule has 5 heteroatoms. The second-order valence-electron chi connectivity index (χ2n) is 6.20. The maximum Gasteiger partial charge on any atom is 0.255 e. The van der Waals surface area contributed by atoms with E-state index < -0.39 is 6.04 Å². The number of hydrogen-bond acceptors (Lipinski definition) is 3. The summed E-state index contributed by atoms with van der Waals surface area (Å²) in [4.78, 5) is 27.5. The minimum Gasteiger partial charge on any atom is -0.467 e. The van der Waals surface area contributed by atoms with Crippen molar-refractivity contribution in [2.75, 3.05) is 0 Å². The van der Waals surface area contributed by atoms with Crippen molar-refractivity contribution < 1.29 is 14.0 Å². The summed E-state index contributed by atoms with van der Waals surface area (Å²) in [7, 11) is 0. The van der Waals surface area contributed by atoms with Gasteiger partial charge in [-0.2, -0.15) is 0 Å². The van der Waals surface area contributed by atoms with Crippen LogP contribution in [-0.2, 0) is 17.9 Å². The molecule has 0 aliphatic carbocycles. The highest BCUT2D eigenvalue weighted by atomic mass is 16.3. The molecular formula is C21H18N2O3. The fraction of sp³-hybridized carbons (Fsp3) is 0.143. The van der Waals surface area contributed by atoms with Crippen molar-refractivity contribution in [2.24, 2.45) is 0 Å². The van der Waals surface area contributed by atoms with Gasteiger partial charge >= 0.3 is 0 Å². The van der Waals surface area contributed by atoms with Gasteiger partial charge < -0.3 is 14.6 Å². The van der Waals surface area contributed by atoms with Crippen LogP contribution < -0.4 is 5.32 Å². The van der Waals surface area contributed by atoms with Crippen molar-refractivity contribution >= 4 is 11.8 Å². The Morgan fingerprint density at radius 2 is 1.81 bits per heavy atom. The summed E-state index contributed by atoms with van der Waals surface area (Å²) < 4.78 is 5.27. The maximum atomic E-state index is 13.0. The van der Waals surface area contributed by atoms with E-state index in [0.717, 1.165) is 11.1 Å². The first-order valence-corrected chi connectivity index (χ1v) is 8.48. The highest BCUT2D eigenvalue weighted by molar-refractivity contribution is 6.01. The minimum absolute atomic E-state index is 0.123. The van der Waals surface area contributed by atoms with Crippen molar-refractivity contribution in [1.82, 2.24) is 10.2 Å². The average molecular weight is 346 g/mol. The Labute approximate surface area is 151 Å². The first kappa shape index (κ1) is 16.1. The van der Waals surface area contributed by atoms with Crippen LogP contribution >= 0.6 is 0 Å². The number of amides is 2. The molecule has 26 heavy (non-hydrogen) atoms. The van der Waals surface area contributed by atoms with E-state index in [9.17, 15) is 9.59 Å². The molecule has 0 saturated heterocycles. The lowest BCUT2D eigenvalue weighted by atomic mass is 10.0. The van der Waals surface area contributed by atoms with Gasteiger partial charge in [-0.25, -0.2) is 0 Å². The molecule has 4 rings (SSSR count). The molecule has 5 nitrogen and oxygen atoms in total. The summed E-state index contributed by atoms with van der Waals surface area (Å²) >= 11 is 0. The average Bonchev–Trinajstić information content (AvgIpc) is 3.30. The Bertz CT molecular complexity index is 919. The third-order valence-electron chi connectivity index (χ3n) is 4.54. The third kappa shape index (κ3) is 2.99. The number of hydrogen-bond donors (Lipinski definition) is 1. The third-order valence-corrected chi connectivity index (χ3v) is 4.54. The molecule has 1 aromatic heterocycles. The van der Waals surface area contributed by atoms with E-state index >= 15 is 0 Å². The number of rotatable bonds is 5. The van der Waals surface area contributed by atoms with E-state index in [4.69, 9.17) is 4.42 Å². The number of benzene rings is 2. The maximum absolute atomic E-state index is 13.0. The van der Waals surface area contributed by atoms with Crippen LogP contribution in [-0.4, -0.2) is 16.7 Å². The zero-order valence-electron chi connectivity index (χ0n) is 14.1. The van der Waals surface area contributed by atoms with Crippen molar-refractivity contribution in [1.29, 1.82) is 0 Å². The van der Waals surface area contributed by atoms with Crippen LogP contribution in [0.5, 0.6) is 0 Å². The summed E-state index contributed by atoms with van der Waals surface area (Å²) in [5.74, 6) is 0.317. The first-order valence-electron chi connectivity index (χ1n) is 8.48. The van der Waals surface area contributed by atoms with Gasteiger partial charge in [-0.15, -0.1) is 0 Å². The predicted molar refractivity (Wildman–Crippen MR) is 96.1 cm³/mol. The zero-order chi connectivity index (χ0) is 17.9. The topological polar surface area (TPSA) is 62.6 Å². The number of furan rings is 1. The van der Waals surface area contributed by atoms with Crippen LogP contribution in [0.25, 0.3) is 0 Å². The van der Waals surface area contributed by atoms with Crippen LogP contribution in [0.4, 0.5) is 0 Å². The molecule has 0 radical (unpaired) electrons. The SMILES string of the molecule is O=C(NCc1ccco1)C(c1ccccc1)N1Cc2ccccc2C1=O. The monoisotopic (exact) mass is 346 g/mol. The van der Waals surface area contributed by atoms with Crippen LogP contribution in [0.2, 0.25) is 0 Å². The van der Waals surface area contributed by atoms with E-state index in [1.54, 1.807) is 29.4 Å². The van der Waals surface area contributed by atoms with Gasteiger partial charge in [0.05, 0.1) is 12.8 Å². The molecule has 2 heterocycles. The highest BCUT2D eigenvalue weighted by Gasteiger charge is 2.37. The molecule has 2 aromatic carbocycles. The number of nitrogens with one attached hydrogen (secondary N) is 1. The summed E-state index contributed by atoms with van der Waals surface area (Å²) in [6.07, 6.45) is 1.57. The quantitative estimate of drug-likeness (QED) is 0.771.